The lowest BCUT2D eigenvalue weighted by Crippen LogP contribution is -2.59. The second kappa shape index (κ2) is 4.67. The number of nitrogens with zero attached hydrogens (tertiary/aromatic N) is 1. The third kappa shape index (κ3) is 2.41. The highest BCUT2D eigenvalue weighted by Crippen LogP contribution is 2.31. The Morgan fingerprint density at radius 1 is 1.37 bits per heavy atom. The summed E-state index contributed by atoms with van der Waals surface area (Å²) in [6.07, 6.45) is 4.50. The molecule has 2 aliphatic rings. The standard InChI is InChI=1S/C13H17NO4S/c15-13(10-3-1-4-10)14-7-12(8-14)19(16,17)9-11-5-2-6-18-11/h2,5-6,10,12H,1,3-4,7-9H2. The molecule has 1 amide bonds. The van der Waals surface area contributed by atoms with Gasteiger partial charge in [0, 0.05) is 19.0 Å². The number of sulfone groups is 1. The van der Waals surface area contributed by atoms with Gasteiger partial charge in [0.2, 0.25) is 5.91 Å². The summed E-state index contributed by atoms with van der Waals surface area (Å²) >= 11 is 0. The fourth-order valence-corrected chi connectivity index (χ4v) is 4.08. The number of rotatable bonds is 4. The number of amides is 1. The van der Waals surface area contributed by atoms with Gasteiger partial charge in [-0.2, -0.15) is 0 Å². The molecule has 0 radical (unpaired) electrons. The molecule has 1 aromatic rings. The summed E-state index contributed by atoms with van der Waals surface area (Å²) < 4.78 is 29.3. The molecule has 1 saturated carbocycles. The van der Waals surface area contributed by atoms with E-state index in [1.54, 1.807) is 17.0 Å². The minimum atomic E-state index is -3.21. The molecule has 2 fully saturated rings. The van der Waals surface area contributed by atoms with Gasteiger partial charge in [-0.3, -0.25) is 4.79 Å². The summed E-state index contributed by atoms with van der Waals surface area (Å²) in [4.78, 5) is 13.6. The molecular formula is C13H17NO4S. The predicted octanol–water partition coefficient (Wildman–Crippen LogP) is 1.21. The first kappa shape index (κ1) is 12.7. The van der Waals surface area contributed by atoms with E-state index in [0.29, 0.717) is 18.8 Å². The highest BCUT2D eigenvalue weighted by Gasteiger charge is 2.42. The van der Waals surface area contributed by atoms with E-state index >= 15 is 0 Å². The molecule has 104 valence electrons. The molecule has 1 aromatic heterocycles. The molecule has 0 bridgehead atoms. The fourth-order valence-electron chi connectivity index (χ4n) is 2.47. The van der Waals surface area contributed by atoms with Crippen molar-refractivity contribution in [2.24, 2.45) is 5.92 Å². The van der Waals surface area contributed by atoms with Gasteiger partial charge >= 0.3 is 0 Å². The van der Waals surface area contributed by atoms with Crippen molar-refractivity contribution in [2.45, 2.75) is 30.3 Å². The molecule has 2 heterocycles. The molecule has 0 N–H and O–H groups in total. The number of hydrogen-bond donors (Lipinski definition) is 0. The van der Waals surface area contributed by atoms with Crippen LogP contribution >= 0.6 is 0 Å². The quantitative estimate of drug-likeness (QED) is 0.833. The lowest BCUT2D eigenvalue weighted by atomic mass is 9.84. The van der Waals surface area contributed by atoms with Crippen LogP contribution in [0.1, 0.15) is 25.0 Å². The summed E-state index contributed by atoms with van der Waals surface area (Å²) in [6.45, 7) is 0.691. The Labute approximate surface area is 112 Å². The van der Waals surface area contributed by atoms with Crippen LogP contribution in [0, 0.1) is 5.92 Å². The SMILES string of the molecule is O=C(C1CCC1)N1CC(S(=O)(=O)Cc2ccco2)C1. The van der Waals surface area contributed by atoms with Crippen molar-refractivity contribution in [1.29, 1.82) is 0 Å². The van der Waals surface area contributed by atoms with E-state index in [-0.39, 0.29) is 17.6 Å². The zero-order valence-electron chi connectivity index (χ0n) is 10.6. The van der Waals surface area contributed by atoms with Crippen LogP contribution in [0.2, 0.25) is 0 Å². The van der Waals surface area contributed by atoms with E-state index in [1.165, 1.54) is 6.26 Å². The molecule has 6 heteroatoms. The molecule has 1 saturated heterocycles. The Bertz CT molecular complexity index is 553. The number of furan rings is 1. The zero-order valence-corrected chi connectivity index (χ0v) is 11.4. The Kier molecular flexibility index (Phi) is 3.12. The minimum absolute atomic E-state index is 0.0733. The van der Waals surface area contributed by atoms with Gasteiger partial charge in [0.25, 0.3) is 0 Å². The maximum Gasteiger partial charge on any atom is 0.225 e. The van der Waals surface area contributed by atoms with Gasteiger partial charge < -0.3 is 9.32 Å². The first-order chi connectivity index (χ1) is 9.06. The molecule has 19 heavy (non-hydrogen) atoms. The van der Waals surface area contributed by atoms with Crippen LogP contribution < -0.4 is 0 Å². The maximum absolute atomic E-state index is 12.1. The van der Waals surface area contributed by atoms with Crippen molar-refractivity contribution in [3.8, 4) is 0 Å². The first-order valence-corrected chi connectivity index (χ1v) is 8.30. The van der Waals surface area contributed by atoms with Crippen LogP contribution in [0.3, 0.4) is 0 Å². The van der Waals surface area contributed by atoms with Crippen molar-refractivity contribution < 1.29 is 17.6 Å². The third-order valence-electron chi connectivity index (χ3n) is 4.05. The molecular weight excluding hydrogens is 266 g/mol. The van der Waals surface area contributed by atoms with Crippen LogP contribution in [0.5, 0.6) is 0 Å². The summed E-state index contributed by atoms with van der Waals surface area (Å²) in [5.74, 6) is 0.670. The maximum atomic E-state index is 12.1. The topological polar surface area (TPSA) is 67.6 Å². The Hall–Kier alpha value is -1.30. The number of likely N-dealkylation sites (tertiary alicyclic amines) is 1. The average Bonchev–Trinajstić information content (AvgIpc) is 2.63. The second-order valence-electron chi connectivity index (χ2n) is 5.38. The van der Waals surface area contributed by atoms with E-state index in [0.717, 1.165) is 19.3 Å². The highest BCUT2D eigenvalue weighted by molar-refractivity contribution is 7.91. The Morgan fingerprint density at radius 3 is 2.63 bits per heavy atom. The van der Waals surface area contributed by atoms with Gasteiger partial charge in [-0.25, -0.2) is 8.42 Å². The van der Waals surface area contributed by atoms with E-state index in [4.69, 9.17) is 4.42 Å². The van der Waals surface area contributed by atoms with Gasteiger partial charge in [-0.1, -0.05) is 6.42 Å². The third-order valence-corrected chi connectivity index (χ3v) is 6.05. The van der Waals surface area contributed by atoms with Gasteiger partial charge in [0.1, 0.15) is 11.5 Å². The van der Waals surface area contributed by atoms with E-state index < -0.39 is 15.1 Å². The van der Waals surface area contributed by atoms with Crippen LogP contribution in [0.4, 0.5) is 0 Å². The lowest BCUT2D eigenvalue weighted by molar-refractivity contribution is -0.141. The summed E-state index contributed by atoms with van der Waals surface area (Å²) in [7, 11) is -3.21. The van der Waals surface area contributed by atoms with Gasteiger partial charge in [-0.15, -0.1) is 0 Å². The molecule has 0 atom stereocenters. The van der Waals surface area contributed by atoms with Crippen molar-refractivity contribution in [2.75, 3.05) is 13.1 Å². The summed E-state index contributed by atoms with van der Waals surface area (Å²) in [5.41, 5.74) is 0. The van der Waals surface area contributed by atoms with Crippen LogP contribution in [-0.4, -0.2) is 37.6 Å². The molecule has 1 aliphatic heterocycles. The van der Waals surface area contributed by atoms with Crippen LogP contribution in [0.15, 0.2) is 22.8 Å². The number of carbonyl (C=O) groups is 1. The number of hydrogen-bond acceptors (Lipinski definition) is 4. The zero-order chi connectivity index (χ0) is 13.5. The molecule has 3 rings (SSSR count). The van der Waals surface area contributed by atoms with Gasteiger partial charge in [-0.05, 0) is 25.0 Å². The van der Waals surface area contributed by atoms with Gasteiger partial charge in [0.05, 0.1) is 11.5 Å². The molecule has 5 nitrogen and oxygen atoms in total. The molecule has 1 aliphatic carbocycles. The Balaban J connectivity index is 1.56. The van der Waals surface area contributed by atoms with E-state index in [1.807, 2.05) is 0 Å². The first-order valence-electron chi connectivity index (χ1n) is 6.59. The monoisotopic (exact) mass is 283 g/mol. The summed E-state index contributed by atoms with van der Waals surface area (Å²) in [5, 5.41) is -0.429. The summed E-state index contributed by atoms with van der Waals surface area (Å²) in [6, 6.07) is 3.34. The Morgan fingerprint density at radius 2 is 2.11 bits per heavy atom. The fraction of sp³-hybridized carbons (Fsp3) is 0.615. The smallest absolute Gasteiger partial charge is 0.225 e. The van der Waals surface area contributed by atoms with Crippen molar-refractivity contribution in [3.63, 3.8) is 0 Å². The van der Waals surface area contributed by atoms with Crippen LogP contribution in [0.25, 0.3) is 0 Å². The van der Waals surface area contributed by atoms with Crippen LogP contribution in [-0.2, 0) is 20.4 Å². The lowest BCUT2D eigenvalue weighted by Gasteiger charge is -2.42. The predicted molar refractivity (Wildman–Crippen MR) is 69.0 cm³/mol. The molecule has 0 unspecified atom stereocenters. The van der Waals surface area contributed by atoms with Crippen molar-refractivity contribution >= 4 is 15.7 Å². The molecule has 0 spiro atoms. The van der Waals surface area contributed by atoms with Crippen molar-refractivity contribution in [3.05, 3.63) is 24.2 Å². The van der Waals surface area contributed by atoms with E-state index in [9.17, 15) is 13.2 Å². The largest absolute Gasteiger partial charge is 0.468 e. The number of carbonyl (C=O) groups excluding carboxylic acids is 1. The van der Waals surface area contributed by atoms with Gasteiger partial charge in [0.15, 0.2) is 9.84 Å². The highest BCUT2D eigenvalue weighted by atomic mass is 32.2. The van der Waals surface area contributed by atoms with E-state index in [2.05, 4.69) is 0 Å². The second-order valence-corrected chi connectivity index (χ2v) is 7.66. The molecule has 0 aromatic carbocycles. The van der Waals surface area contributed by atoms with Crippen molar-refractivity contribution in [1.82, 2.24) is 4.90 Å². The minimum Gasteiger partial charge on any atom is -0.468 e. The average molecular weight is 283 g/mol. The normalized spacial score (nSPS) is 20.9.